The Morgan fingerprint density at radius 1 is 1.03 bits per heavy atom. The lowest BCUT2D eigenvalue weighted by atomic mass is 10.2. The van der Waals surface area contributed by atoms with Crippen LogP contribution in [0.5, 0.6) is 0 Å². The number of amides is 2. The standard InChI is InChI=1S/C25H21N5O4S3/c1-16(31)28-37(33,34)18-12-13-21(26-14-18)27-25-30(15-17-8-4-3-5-9-17)23(32)22(36-25)24-29(2)19-10-6-7-11-20(19)35-24/h3-14H,15H2,1-2H3,(H,28,31)/b24-22-,27-25?. The summed E-state index contributed by atoms with van der Waals surface area (Å²) >= 11 is 2.80. The first-order chi connectivity index (χ1) is 17.7. The molecule has 1 aromatic heterocycles. The van der Waals surface area contributed by atoms with Crippen LogP contribution in [0.1, 0.15) is 12.5 Å². The average molecular weight is 552 g/mol. The molecule has 1 fully saturated rings. The van der Waals surface area contributed by atoms with Gasteiger partial charge in [0.25, 0.3) is 15.9 Å². The number of thioether (sulfide) groups is 2. The van der Waals surface area contributed by atoms with Gasteiger partial charge in [0.1, 0.15) is 9.80 Å². The third-order valence-corrected chi connectivity index (χ3v) is 9.35. The summed E-state index contributed by atoms with van der Waals surface area (Å²) in [5.74, 6) is -0.629. The Kier molecular flexibility index (Phi) is 6.80. The fourth-order valence-corrected chi connectivity index (χ4v) is 7.03. The first-order valence-corrected chi connectivity index (χ1v) is 14.2. The first-order valence-electron chi connectivity index (χ1n) is 11.1. The Balaban J connectivity index is 1.50. The lowest BCUT2D eigenvalue weighted by Gasteiger charge is -2.16. The second kappa shape index (κ2) is 10.0. The number of aromatic nitrogens is 1. The largest absolute Gasteiger partial charge is 0.337 e. The second-order valence-corrected chi connectivity index (χ2v) is 11.8. The molecule has 5 rings (SSSR count). The molecular formula is C25H21N5O4S3. The summed E-state index contributed by atoms with van der Waals surface area (Å²) in [5.41, 5.74) is 1.97. The van der Waals surface area contributed by atoms with Crippen molar-refractivity contribution in [3.63, 3.8) is 0 Å². The van der Waals surface area contributed by atoms with Crippen molar-refractivity contribution in [1.82, 2.24) is 14.6 Å². The van der Waals surface area contributed by atoms with E-state index in [0.29, 0.717) is 16.6 Å². The van der Waals surface area contributed by atoms with E-state index in [1.807, 2.05) is 71.3 Å². The van der Waals surface area contributed by atoms with Crippen molar-refractivity contribution < 1.29 is 18.0 Å². The van der Waals surface area contributed by atoms with Crippen molar-refractivity contribution in [3.05, 3.63) is 88.4 Å². The molecule has 9 nitrogen and oxygen atoms in total. The maximum Gasteiger partial charge on any atom is 0.269 e. The molecule has 2 aromatic carbocycles. The molecule has 2 amide bonds. The van der Waals surface area contributed by atoms with Crippen LogP contribution in [-0.4, -0.2) is 42.3 Å². The lowest BCUT2D eigenvalue weighted by Crippen LogP contribution is -2.29. The van der Waals surface area contributed by atoms with Crippen molar-refractivity contribution >= 4 is 62.0 Å². The van der Waals surface area contributed by atoms with Crippen molar-refractivity contribution in [2.45, 2.75) is 23.3 Å². The summed E-state index contributed by atoms with van der Waals surface area (Å²) in [5, 5.41) is 1.26. The summed E-state index contributed by atoms with van der Waals surface area (Å²) in [6.45, 7) is 1.43. The van der Waals surface area contributed by atoms with Crippen molar-refractivity contribution in [2.24, 2.45) is 4.99 Å². The fourth-order valence-electron chi connectivity index (χ4n) is 3.77. The van der Waals surface area contributed by atoms with E-state index in [2.05, 4.69) is 9.98 Å². The highest BCUT2D eigenvalue weighted by Crippen LogP contribution is 2.50. The highest BCUT2D eigenvalue weighted by atomic mass is 32.2. The molecule has 0 aliphatic carbocycles. The van der Waals surface area contributed by atoms with Crippen LogP contribution in [0.2, 0.25) is 0 Å². The van der Waals surface area contributed by atoms with Gasteiger partial charge in [0, 0.05) is 25.1 Å². The number of hydrogen-bond acceptors (Lipinski definition) is 9. The third kappa shape index (κ3) is 5.13. The predicted octanol–water partition coefficient (Wildman–Crippen LogP) is 4.08. The van der Waals surface area contributed by atoms with E-state index < -0.39 is 15.9 Å². The second-order valence-electron chi connectivity index (χ2n) is 8.15. The van der Waals surface area contributed by atoms with Gasteiger partial charge >= 0.3 is 0 Å². The molecular weight excluding hydrogens is 531 g/mol. The highest BCUT2D eigenvalue weighted by Gasteiger charge is 2.39. The van der Waals surface area contributed by atoms with Gasteiger partial charge in [-0.3, -0.25) is 14.5 Å². The number of aliphatic imine (C=N–C) groups is 1. The van der Waals surface area contributed by atoms with E-state index in [1.165, 1.54) is 35.7 Å². The molecule has 188 valence electrons. The summed E-state index contributed by atoms with van der Waals surface area (Å²) in [6, 6.07) is 20.3. The molecule has 1 N–H and O–H groups in total. The Labute approximate surface area is 222 Å². The summed E-state index contributed by atoms with van der Waals surface area (Å²) in [7, 11) is -2.08. The van der Waals surface area contributed by atoms with Crippen LogP contribution in [0.3, 0.4) is 0 Å². The molecule has 1 saturated heterocycles. The van der Waals surface area contributed by atoms with Gasteiger partial charge in [-0.15, -0.1) is 0 Å². The number of pyridine rings is 1. The quantitative estimate of drug-likeness (QED) is 0.472. The Morgan fingerprint density at radius 2 is 1.76 bits per heavy atom. The topological polar surface area (TPSA) is 112 Å². The van der Waals surface area contributed by atoms with Crippen molar-refractivity contribution in [2.75, 3.05) is 11.9 Å². The number of fused-ring (bicyclic) bond motifs is 1. The Hall–Kier alpha value is -3.61. The maximum atomic E-state index is 13.7. The summed E-state index contributed by atoms with van der Waals surface area (Å²) in [6.07, 6.45) is 1.13. The summed E-state index contributed by atoms with van der Waals surface area (Å²) < 4.78 is 26.4. The minimum Gasteiger partial charge on any atom is -0.337 e. The Morgan fingerprint density at radius 3 is 2.43 bits per heavy atom. The molecule has 0 spiro atoms. The number of carbonyl (C=O) groups excluding carboxylic acids is 2. The highest BCUT2D eigenvalue weighted by molar-refractivity contribution is 8.19. The third-order valence-electron chi connectivity index (χ3n) is 5.50. The molecule has 37 heavy (non-hydrogen) atoms. The van der Waals surface area contributed by atoms with Crippen molar-refractivity contribution in [1.29, 1.82) is 0 Å². The van der Waals surface area contributed by atoms with Gasteiger partial charge in [0.2, 0.25) is 5.91 Å². The fraction of sp³-hybridized carbons (Fsp3) is 0.120. The van der Waals surface area contributed by atoms with E-state index in [0.717, 1.165) is 34.3 Å². The van der Waals surface area contributed by atoms with Crippen LogP contribution >= 0.6 is 23.5 Å². The molecule has 3 heterocycles. The molecule has 12 heteroatoms. The number of carbonyl (C=O) groups is 2. The van der Waals surface area contributed by atoms with Gasteiger partial charge in [0.15, 0.2) is 11.0 Å². The van der Waals surface area contributed by atoms with E-state index >= 15 is 0 Å². The first kappa shape index (κ1) is 25.1. The Bertz CT molecular complexity index is 1550. The predicted molar refractivity (Wildman–Crippen MR) is 145 cm³/mol. The van der Waals surface area contributed by atoms with E-state index in [9.17, 15) is 18.0 Å². The number of para-hydroxylation sites is 1. The van der Waals surface area contributed by atoms with E-state index in [-0.39, 0.29) is 16.6 Å². The number of hydrogen-bond donors (Lipinski definition) is 1. The molecule has 0 atom stereocenters. The molecule has 3 aromatic rings. The van der Waals surface area contributed by atoms with Gasteiger partial charge in [0.05, 0.1) is 17.3 Å². The van der Waals surface area contributed by atoms with Gasteiger partial charge < -0.3 is 4.90 Å². The van der Waals surface area contributed by atoms with Gasteiger partial charge in [-0.1, -0.05) is 54.2 Å². The van der Waals surface area contributed by atoms with Crippen LogP contribution in [0.15, 0.2) is 97.6 Å². The zero-order chi connectivity index (χ0) is 26.2. The van der Waals surface area contributed by atoms with Crippen LogP contribution in [0.25, 0.3) is 0 Å². The molecule has 0 unspecified atom stereocenters. The smallest absolute Gasteiger partial charge is 0.269 e. The minimum absolute atomic E-state index is 0.160. The number of benzene rings is 2. The van der Waals surface area contributed by atoms with Crippen LogP contribution in [0.4, 0.5) is 11.5 Å². The number of sulfonamides is 1. The van der Waals surface area contributed by atoms with Crippen LogP contribution < -0.4 is 9.62 Å². The van der Waals surface area contributed by atoms with Gasteiger partial charge in [-0.2, -0.15) is 0 Å². The number of nitrogens with zero attached hydrogens (tertiary/aromatic N) is 4. The number of anilines is 1. The van der Waals surface area contributed by atoms with Gasteiger partial charge in [-0.25, -0.2) is 23.1 Å². The average Bonchev–Trinajstić information content (AvgIpc) is 3.36. The maximum absolute atomic E-state index is 13.7. The minimum atomic E-state index is -4.01. The lowest BCUT2D eigenvalue weighted by molar-refractivity contribution is -0.122. The molecule has 2 aliphatic rings. The number of nitrogens with one attached hydrogen (secondary N) is 1. The molecule has 0 saturated carbocycles. The molecule has 2 aliphatic heterocycles. The SMILES string of the molecule is CC(=O)NS(=O)(=O)c1ccc(N=C2S/C(=C3\Sc4ccccc4N3C)C(=O)N2Cc2ccccc2)nc1. The van der Waals surface area contributed by atoms with Crippen molar-refractivity contribution in [3.8, 4) is 0 Å². The summed E-state index contributed by atoms with van der Waals surface area (Å²) in [4.78, 5) is 38.7. The van der Waals surface area contributed by atoms with E-state index in [4.69, 9.17) is 0 Å². The zero-order valence-corrected chi connectivity index (χ0v) is 22.2. The number of rotatable bonds is 5. The monoisotopic (exact) mass is 551 g/mol. The normalized spacial score (nSPS) is 18.4. The van der Waals surface area contributed by atoms with Crippen LogP contribution in [-0.2, 0) is 26.2 Å². The van der Waals surface area contributed by atoms with Crippen LogP contribution in [0, 0.1) is 0 Å². The van der Waals surface area contributed by atoms with Gasteiger partial charge in [-0.05, 0) is 41.6 Å². The number of amidine groups is 1. The zero-order valence-electron chi connectivity index (χ0n) is 19.8. The molecule has 0 bridgehead atoms. The van der Waals surface area contributed by atoms with E-state index in [1.54, 1.807) is 4.90 Å². The molecule has 0 radical (unpaired) electrons.